The van der Waals surface area contributed by atoms with E-state index in [1.807, 2.05) is 19.2 Å². The zero-order valence-electron chi connectivity index (χ0n) is 15.7. The van der Waals surface area contributed by atoms with E-state index in [9.17, 15) is 0 Å². The lowest BCUT2D eigenvalue weighted by Crippen LogP contribution is -2.39. The van der Waals surface area contributed by atoms with Crippen molar-refractivity contribution in [1.82, 2.24) is 25.4 Å². The maximum absolute atomic E-state index is 5.77. The highest BCUT2D eigenvalue weighted by atomic mass is 16.5. The average Bonchev–Trinajstić information content (AvgIpc) is 2.99. The van der Waals surface area contributed by atoms with Crippen LogP contribution in [0.25, 0.3) is 0 Å². The van der Waals surface area contributed by atoms with Crippen LogP contribution in [0.15, 0.2) is 35.6 Å². The lowest BCUT2D eigenvalue weighted by Gasteiger charge is -2.19. The number of aryl methyl sites for hydroxylation is 1. The van der Waals surface area contributed by atoms with Gasteiger partial charge in [0.2, 0.25) is 0 Å². The molecule has 0 spiro atoms. The zero-order valence-corrected chi connectivity index (χ0v) is 15.7. The van der Waals surface area contributed by atoms with Crippen LogP contribution in [0.3, 0.4) is 0 Å². The molecule has 2 N–H and O–H groups in total. The molecule has 0 unspecified atom stereocenters. The van der Waals surface area contributed by atoms with Gasteiger partial charge in [-0.15, -0.1) is 0 Å². The highest BCUT2D eigenvalue weighted by Gasteiger charge is 2.12. The standard InChI is InChI=1S/C18H28N6O/c1-18(2,3)14-6-8-15(9-7-14)25-11-10-20-17(19-4)21-12-16-22-13-23-24(16)5/h6-9,13H,10-12H2,1-5H3,(H2,19,20,21). The minimum atomic E-state index is 0.154. The molecule has 0 saturated carbocycles. The van der Waals surface area contributed by atoms with Crippen molar-refractivity contribution in [2.24, 2.45) is 12.0 Å². The number of aromatic nitrogens is 3. The Bertz CT molecular complexity index is 684. The summed E-state index contributed by atoms with van der Waals surface area (Å²) in [6.45, 7) is 8.37. The van der Waals surface area contributed by atoms with Gasteiger partial charge >= 0.3 is 0 Å². The topological polar surface area (TPSA) is 76.4 Å². The van der Waals surface area contributed by atoms with Crippen molar-refractivity contribution < 1.29 is 4.74 Å². The second kappa shape index (κ2) is 8.50. The maximum atomic E-state index is 5.77. The molecule has 25 heavy (non-hydrogen) atoms. The molecule has 0 aliphatic carbocycles. The van der Waals surface area contributed by atoms with E-state index in [0.717, 1.165) is 11.6 Å². The fourth-order valence-corrected chi connectivity index (χ4v) is 2.25. The van der Waals surface area contributed by atoms with Gasteiger partial charge in [0.1, 0.15) is 24.5 Å². The first-order valence-corrected chi connectivity index (χ1v) is 8.41. The van der Waals surface area contributed by atoms with Gasteiger partial charge in [0, 0.05) is 14.1 Å². The molecule has 0 bridgehead atoms. The summed E-state index contributed by atoms with van der Waals surface area (Å²) in [7, 11) is 3.59. The molecule has 1 aromatic carbocycles. The van der Waals surface area contributed by atoms with Crippen molar-refractivity contribution in [1.29, 1.82) is 0 Å². The van der Waals surface area contributed by atoms with Gasteiger partial charge in [-0.25, -0.2) is 4.98 Å². The fourth-order valence-electron chi connectivity index (χ4n) is 2.25. The molecular formula is C18H28N6O. The third-order valence-corrected chi connectivity index (χ3v) is 3.83. The number of ether oxygens (including phenoxy) is 1. The second-order valence-corrected chi connectivity index (χ2v) is 6.78. The Morgan fingerprint density at radius 3 is 2.48 bits per heavy atom. The molecule has 0 atom stereocenters. The van der Waals surface area contributed by atoms with Gasteiger partial charge < -0.3 is 15.4 Å². The largest absolute Gasteiger partial charge is 0.492 e. The summed E-state index contributed by atoms with van der Waals surface area (Å²) in [5.74, 6) is 2.42. The highest BCUT2D eigenvalue weighted by molar-refractivity contribution is 5.79. The monoisotopic (exact) mass is 344 g/mol. The smallest absolute Gasteiger partial charge is 0.191 e. The predicted octanol–water partition coefficient (Wildman–Crippen LogP) is 1.86. The first-order chi connectivity index (χ1) is 11.9. The zero-order chi connectivity index (χ0) is 18.3. The van der Waals surface area contributed by atoms with Crippen molar-refractivity contribution in [3.05, 3.63) is 42.0 Å². The average molecular weight is 344 g/mol. The van der Waals surface area contributed by atoms with Crippen LogP contribution in [0.5, 0.6) is 5.75 Å². The van der Waals surface area contributed by atoms with Crippen LogP contribution in [-0.4, -0.2) is 40.9 Å². The lowest BCUT2D eigenvalue weighted by molar-refractivity contribution is 0.321. The number of nitrogens with zero attached hydrogens (tertiary/aromatic N) is 4. The van der Waals surface area contributed by atoms with Gasteiger partial charge in [0.05, 0.1) is 13.1 Å². The highest BCUT2D eigenvalue weighted by Crippen LogP contribution is 2.24. The van der Waals surface area contributed by atoms with E-state index in [-0.39, 0.29) is 5.41 Å². The van der Waals surface area contributed by atoms with Crippen LogP contribution in [0.4, 0.5) is 0 Å². The van der Waals surface area contributed by atoms with Gasteiger partial charge in [0.25, 0.3) is 0 Å². The number of hydrogen-bond acceptors (Lipinski definition) is 4. The number of aliphatic imine (C=N–C) groups is 1. The summed E-state index contributed by atoms with van der Waals surface area (Å²) in [4.78, 5) is 8.35. The van der Waals surface area contributed by atoms with Gasteiger partial charge in [-0.2, -0.15) is 5.10 Å². The van der Waals surface area contributed by atoms with Gasteiger partial charge in [-0.05, 0) is 23.1 Å². The Kier molecular flexibility index (Phi) is 6.38. The molecule has 7 nitrogen and oxygen atoms in total. The quantitative estimate of drug-likeness (QED) is 0.475. The van der Waals surface area contributed by atoms with Crippen molar-refractivity contribution >= 4 is 5.96 Å². The molecule has 0 saturated heterocycles. The Morgan fingerprint density at radius 1 is 1.20 bits per heavy atom. The third-order valence-electron chi connectivity index (χ3n) is 3.83. The molecule has 2 aromatic rings. The van der Waals surface area contributed by atoms with E-state index in [2.05, 4.69) is 58.6 Å². The summed E-state index contributed by atoms with van der Waals surface area (Å²) in [6, 6.07) is 8.26. The molecule has 1 aromatic heterocycles. The summed E-state index contributed by atoms with van der Waals surface area (Å²) < 4.78 is 7.49. The summed E-state index contributed by atoms with van der Waals surface area (Å²) in [6.07, 6.45) is 1.53. The molecule has 0 aliphatic rings. The van der Waals surface area contributed by atoms with E-state index < -0.39 is 0 Å². The molecule has 0 fully saturated rings. The van der Waals surface area contributed by atoms with Crippen LogP contribution in [0, 0.1) is 0 Å². The number of nitrogens with one attached hydrogen (secondary N) is 2. The molecule has 2 rings (SSSR count). The first-order valence-electron chi connectivity index (χ1n) is 8.41. The Labute approximate surface area is 149 Å². The van der Waals surface area contributed by atoms with E-state index in [1.165, 1.54) is 11.9 Å². The molecule has 1 heterocycles. The van der Waals surface area contributed by atoms with E-state index in [1.54, 1.807) is 11.7 Å². The van der Waals surface area contributed by atoms with Crippen molar-refractivity contribution in [2.45, 2.75) is 32.7 Å². The van der Waals surface area contributed by atoms with E-state index in [4.69, 9.17) is 4.74 Å². The van der Waals surface area contributed by atoms with Gasteiger partial charge in [-0.1, -0.05) is 32.9 Å². The number of benzene rings is 1. The first kappa shape index (κ1) is 18.8. The minimum absolute atomic E-state index is 0.154. The molecule has 0 aliphatic heterocycles. The van der Waals surface area contributed by atoms with Crippen LogP contribution in [0.2, 0.25) is 0 Å². The molecule has 0 amide bonds. The number of guanidine groups is 1. The fraction of sp³-hybridized carbons (Fsp3) is 0.500. The summed E-state index contributed by atoms with van der Waals surface area (Å²) in [5.41, 5.74) is 1.45. The van der Waals surface area contributed by atoms with Crippen LogP contribution >= 0.6 is 0 Å². The Balaban J connectivity index is 1.71. The van der Waals surface area contributed by atoms with Crippen LogP contribution in [0.1, 0.15) is 32.2 Å². The van der Waals surface area contributed by atoms with Crippen molar-refractivity contribution in [2.75, 3.05) is 20.2 Å². The number of rotatable bonds is 6. The minimum Gasteiger partial charge on any atom is -0.492 e. The Morgan fingerprint density at radius 2 is 1.92 bits per heavy atom. The maximum Gasteiger partial charge on any atom is 0.191 e. The van der Waals surface area contributed by atoms with Gasteiger partial charge in [-0.3, -0.25) is 9.67 Å². The summed E-state index contributed by atoms with van der Waals surface area (Å²) in [5, 5.41) is 10.4. The van der Waals surface area contributed by atoms with Crippen LogP contribution in [-0.2, 0) is 19.0 Å². The number of hydrogen-bond donors (Lipinski definition) is 2. The van der Waals surface area contributed by atoms with Gasteiger partial charge in [0.15, 0.2) is 5.96 Å². The Hall–Kier alpha value is -2.57. The molecule has 7 heteroatoms. The molecule has 136 valence electrons. The summed E-state index contributed by atoms with van der Waals surface area (Å²) >= 11 is 0. The van der Waals surface area contributed by atoms with Crippen molar-refractivity contribution in [3.63, 3.8) is 0 Å². The van der Waals surface area contributed by atoms with E-state index >= 15 is 0 Å². The SMILES string of the molecule is CN=C(NCCOc1ccc(C(C)(C)C)cc1)NCc1ncnn1C. The molecular weight excluding hydrogens is 316 g/mol. The molecule has 0 radical (unpaired) electrons. The second-order valence-electron chi connectivity index (χ2n) is 6.78. The lowest BCUT2D eigenvalue weighted by atomic mass is 9.87. The predicted molar refractivity (Wildman–Crippen MR) is 99.8 cm³/mol. The third kappa shape index (κ3) is 5.77. The van der Waals surface area contributed by atoms with E-state index in [0.29, 0.717) is 25.7 Å². The normalized spacial score (nSPS) is 12.1. The van der Waals surface area contributed by atoms with Crippen LogP contribution < -0.4 is 15.4 Å². The van der Waals surface area contributed by atoms with Crippen molar-refractivity contribution in [3.8, 4) is 5.75 Å².